The van der Waals surface area contributed by atoms with E-state index in [4.69, 9.17) is 10.5 Å². The molecule has 6 rings (SSSR count). The highest BCUT2D eigenvalue weighted by molar-refractivity contribution is 7.98. The normalized spacial score (nSPS) is 11.4. The minimum Gasteiger partial charge on any atom is -0.457 e. The number of carbonyl (C=O) groups excluding carboxylic acids is 1. The molecule has 3 N–H and O–H groups in total. The SMILES string of the molecule is NC(=O)c1cc(-c2ccc(C(F)(F)F)cc2Oc2ccccc2)ccc1-n1cc(Cc2cnc(=O)[nH]c2)c(=O)nc1SCc1ccc(F)cc1. The van der Waals surface area contributed by atoms with E-state index in [0.29, 0.717) is 16.9 Å². The summed E-state index contributed by atoms with van der Waals surface area (Å²) in [7, 11) is 0. The largest absolute Gasteiger partial charge is 0.457 e. The van der Waals surface area contributed by atoms with Crippen molar-refractivity contribution in [2.24, 2.45) is 5.73 Å². The number of para-hydroxylation sites is 1. The number of hydrogen-bond donors (Lipinski definition) is 2. The number of benzene rings is 4. The van der Waals surface area contributed by atoms with Gasteiger partial charge in [-0.3, -0.25) is 14.2 Å². The van der Waals surface area contributed by atoms with E-state index in [1.54, 1.807) is 54.6 Å². The van der Waals surface area contributed by atoms with Crippen molar-refractivity contribution in [1.29, 1.82) is 0 Å². The summed E-state index contributed by atoms with van der Waals surface area (Å²) in [5.74, 6) is -0.796. The van der Waals surface area contributed by atoms with Gasteiger partial charge in [0.15, 0.2) is 5.16 Å². The van der Waals surface area contributed by atoms with Crippen LogP contribution in [0.3, 0.4) is 0 Å². The van der Waals surface area contributed by atoms with E-state index in [1.807, 2.05) is 0 Å². The maximum absolute atomic E-state index is 13.7. The molecule has 0 aliphatic carbocycles. The average Bonchev–Trinajstić information content (AvgIpc) is 3.10. The summed E-state index contributed by atoms with van der Waals surface area (Å²) in [6, 6.07) is 21.7. The molecule has 0 spiro atoms. The lowest BCUT2D eigenvalue weighted by Gasteiger charge is -2.19. The van der Waals surface area contributed by atoms with E-state index < -0.39 is 34.7 Å². The number of aromatic nitrogens is 4. The molecule has 0 radical (unpaired) electrons. The molecule has 1 amide bonds. The standard InChI is InChI=1S/C36H25F4N5O4S/c37-26-10-6-21(7-11-26)20-50-35-44-33(47)24(14-22-17-42-34(48)43-18-22)19-45(35)30-13-8-23(15-29(30)32(41)46)28-12-9-25(36(38,39)40)16-31(28)49-27-4-2-1-3-5-27/h1-13,15-19H,14,20H2,(H2,41,46)(H,42,43,48). The van der Waals surface area contributed by atoms with Crippen LogP contribution in [0, 0.1) is 5.82 Å². The molecular formula is C36H25F4N5O4S. The van der Waals surface area contributed by atoms with Gasteiger partial charge in [0.2, 0.25) is 0 Å². The van der Waals surface area contributed by atoms with Crippen molar-refractivity contribution >= 4 is 17.7 Å². The van der Waals surface area contributed by atoms with Gasteiger partial charge in [0.25, 0.3) is 11.5 Å². The monoisotopic (exact) mass is 699 g/mol. The van der Waals surface area contributed by atoms with Crippen molar-refractivity contribution < 1.29 is 27.1 Å². The molecule has 0 saturated heterocycles. The van der Waals surface area contributed by atoms with Crippen LogP contribution in [0.1, 0.15) is 32.6 Å². The minimum absolute atomic E-state index is 0.0289. The first-order valence-corrected chi connectivity index (χ1v) is 15.9. The number of rotatable bonds is 10. The number of nitrogens with two attached hydrogens (primary N) is 1. The second kappa shape index (κ2) is 14.2. The van der Waals surface area contributed by atoms with E-state index >= 15 is 0 Å². The summed E-state index contributed by atoms with van der Waals surface area (Å²) < 4.78 is 62.1. The number of ether oxygens (including phenoxy) is 1. The van der Waals surface area contributed by atoms with Gasteiger partial charge < -0.3 is 15.5 Å². The molecule has 0 unspecified atom stereocenters. The lowest BCUT2D eigenvalue weighted by molar-refractivity contribution is -0.137. The molecule has 0 atom stereocenters. The van der Waals surface area contributed by atoms with E-state index in [2.05, 4.69) is 15.0 Å². The molecule has 4 aromatic carbocycles. The Balaban J connectivity index is 1.47. The molecule has 0 saturated carbocycles. The van der Waals surface area contributed by atoms with Gasteiger partial charge in [0.05, 0.1) is 16.8 Å². The number of alkyl halides is 3. The zero-order valence-corrected chi connectivity index (χ0v) is 26.6. The molecule has 2 heterocycles. The van der Waals surface area contributed by atoms with Gasteiger partial charge in [0, 0.05) is 41.9 Å². The van der Waals surface area contributed by atoms with Gasteiger partial charge in [0.1, 0.15) is 17.3 Å². The summed E-state index contributed by atoms with van der Waals surface area (Å²) in [5, 5.41) is 0.181. The third kappa shape index (κ3) is 7.81. The van der Waals surface area contributed by atoms with Crippen LogP contribution >= 0.6 is 11.8 Å². The smallest absolute Gasteiger partial charge is 0.416 e. The van der Waals surface area contributed by atoms with Gasteiger partial charge in [-0.1, -0.05) is 54.2 Å². The summed E-state index contributed by atoms with van der Waals surface area (Å²) >= 11 is 1.15. The van der Waals surface area contributed by atoms with E-state index in [0.717, 1.165) is 29.5 Å². The Bertz CT molecular complexity index is 2290. The third-order valence-electron chi connectivity index (χ3n) is 7.48. The zero-order chi connectivity index (χ0) is 35.4. The molecule has 252 valence electrons. The molecule has 0 bridgehead atoms. The minimum atomic E-state index is -4.64. The highest BCUT2D eigenvalue weighted by Gasteiger charge is 2.32. The van der Waals surface area contributed by atoms with Crippen LogP contribution in [0.2, 0.25) is 0 Å². The highest BCUT2D eigenvalue weighted by Crippen LogP contribution is 2.40. The third-order valence-corrected chi connectivity index (χ3v) is 8.50. The van der Waals surface area contributed by atoms with Gasteiger partial charge in [-0.15, -0.1) is 0 Å². The lowest BCUT2D eigenvalue weighted by Crippen LogP contribution is -2.22. The first-order chi connectivity index (χ1) is 23.9. The summed E-state index contributed by atoms with van der Waals surface area (Å²) in [6.45, 7) is 0. The molecule has 50 heavy (non-hydrogen) atoms. The van der Waals surface area contributed by atoms with E-state index in [9.17, 15) is 31.9 Å². The van der Waals surface area contributed by atoms with Crippen molar-refractivity contribution in [3.05, 3.63) is 164 Å². The number of aromatic amines is 1. The molecule has 9 nitrogen and oxygen atoms in total. The predicted octanol–water partition coefficient (Wildman–Crippen LogP) is 6.92. The van der Waals surface area contributed by atoms with Gasteiger partial charge in [-0.25, -0.2) is 14.2 Å². The number of halogens is 4. The fourth-order valence-corrected chi connectivity index (χ4v) is 5.96. The average molecular weight is 700 g/mol. The number of amides is 1. The van der Waals surface area contributed by atoms with Crippen LogP contribution in [0.15, 0.2) is 124 Å². The van der Waals surface area contributed by atoms with Gasteiger partial charge >= 0.3 is 11.9 Å². The molecular weight excluding hydrogens is 674 g/mol. The van der Waals surface area contributed by atoms with Crippen molar-refractivity contribution in [3.8, 4) is 28.3 Å². The molecule has 0 aliphatic rings. The van der Waals surface area contributed by atoms with Crippen LogP contribution in [0.4, 0.5) is 17.6 Å². The molecule has 0 fully saturated rings. The number of hydrogen-bond acceptors (Lipinski definition) is 7. The van der Waals surface area contributed by atoms with Crippen LogP contribution in [-0.4, -0.2) is 25.4 Å². The topological polar surface area (TPSA) is 133 Å². The quantitative estimate of drug-likeness (QED) is 0.0902. The Morgan fingerprint density at radius 2 is 1.70 bits per heavy atom. The van der Waals surface area contributed by atoms with Gasteiger partial charge in [-0.2, -0.15) is 18.2 Å². The predicted molar refractivity (Wildman–Crippen MR) is 179 cm³/mol. The van der Waals surface area contributed by atoms with E-state index in [1.165, 1.54) is 47.4 Å². The van der Waals surface area contributed by atoms with Crippen molar-refractivity contribution in [2.45, 2.75) is 23.5 Å². The lowest BCUT2D eigenvalue weighted by atomic mass is 9.98. The fraction of sp³-hybridized carbons (Fsp3) is 0.0833. The maximum Gasteiger partial charge on any atom is 0.416 e. The van der Waals surface area contributed by atoms with Crippen molar-refractivity contribution in [1.82, 2.24) is 19.5 Å². The Morgan fingerprint density at radius 3 is 2.38 bits per heavy atom. The molecule has 2 aromatic heterocycles. The first kappa shape index (κ1) is 33.9. The van der Waals surface area contributed by atoms with Crippen LogP contribution in [-0.2, 0) is 18.3 Å². The Morgan fingerprint density at radius 1 is 0.940 bits per heavy atom. The Hall–Kier alpha value is -6.02. The molecule has 6 aromatic rings. The second-order valence-corrected chi connectivity index (χ2v) is 11.9. The van der Waals surface area contributed by atoms with Crippen molar-refractivity contribution in [2.75, 3.05) is 0 Å². The summed E-state index contributed by atoms with van der Waals surface area (Å²) in [4.78, 5) is 48.1. The molecule has 14 heteroatoms. The maximum atomic E-state index is 13.7. The number of nitrogens with one attached hydrogen (secondary N) is 1. The van der Waals surface area contributed by atoms with E-state index in [-0.39, 0.29) is 45.5 Å². The summed E-state index contributed by atoms with van der Waals surface area (Å²) in [5.41, 5.74) is 6.06. The Kier molecular flexibility index (Phi) is 9.63. The van der Waals surface area contributed by atoms with Crippen LogP contribution in [0.5, 0.6) is 11.5 Å². The number of H-pyrrole nitrogens is 1. The number of nitrogens with zero attached hydrogens (tertiary/aromatic N) is 3. The first-order valence-electron chi connectivity index (χ1n) is 14.9. The van der Waals surface area contributed by atoms with Crippen molar-refractivity contribution in [3.63, 3.8) is 0 Å². The fourth-order valence-electron chi connectivity index (χ4n) is 5.04. The zero-order valence-electron chi connectivity index (χ0n) is 25.8. The second-order valence-electron chi connectivity index (χ2n) is 11.0. The highest BCUT2D eigenvalue weighted by atomic mass is 32.2. The summed E-state index contributed by atoms with van der Waals surface area (Å²) in [6.07, 6.45) is -0.370. The molecule has 0 aliphatic heterocycles. The number of carbonyl (C=O) groups is 1. The van der Waals surface area contributed by atoms with Crippen LogP contribution in [0.25, 0.3) is 16.8 Å². The number of primary amides is 1. The van der Waals surface area contributed by atoms with Gasteiger partial charge in [-0.05, 0) is 65.2 Å². The van der Waals surface area contributed by atoms with Crippen LogP contribution < -0.4 is 21.7 Å². The Labute approximate surface area is 285 Å². The number of thioether (sulfide) groups is 1.